The molecule has 2 aliphatic heterocycles. The predicted molar refractivity (Wildman–Crippen MR) is 130 cm³/mol. The van der Waals surface area contributed by atoms with Crippen LogP contribution in [-0.2, 0) is 14.8 Å². The van der Waals surface area contributed by atoms with E-state index in [2.05, 4.69) is 10.0 Å². The van der Waals surface area contributed by atoms with Gasteiger partial charge in [0.1, 0.15) is 13.2 Å². The van der Waals surface area contributed by atoms with Gasteiger partial charge in [0.25, 0.3) is 10.0 Å². The number of rotatable bonds is 9. The molecule has 0 spiro atoms. The molecule has 0 radical (unpaired) electrons. The fourth-order valence-electron chi connectivity index (χ4n) is 3.47. The maximum absolute atomic E-state index is 12.7. The van der Waals surface area contributed by atoms with Crippen LogP contribution in [0.3, 0.4) is 0 Å². The fourth-order valence-corrected chi connectivity index (χ4v) is 7.57. The summed E-state index contributed by atoms with van der Waals surface area (Å²) in [5, 5.41) is 3.61. The number of carbonyl (C=O) groups is 1. The van der Waals surface area contributed by atoms with E-state index in [4.69, 9.17) is 9.47 Å². The number of amides is 1. The lowest BCUT2D eigenvalue weighted by Gasteiger charge is -2.19. The van der Waals surface area contributed by atoms with E-state index in [1.165, 1.54) is 30.7 Å². The first kappa shape index (κ1) is 23.1. The quantitative estimate of drug-likeness (QED) is 0.378. The van der Waals surface area contributed by atoms with Crippen LogP contribution in [0.2, 0.25) is 0 Å². The number of anilines is 2. The van der Waals surface area contributed by atoms with Crippen molar-refractivity contribution in [1.82, 2.24) is 0 Å². The monoisotopic (exact) mass is 494 g/mol. The summed E-state index contributed by atoms with van der Waals surface area (Å²) in [7, 11) is 0.129. The highest BCUT2D eigenvalue weighted by molar-refractivity contribution is 8.77. The summed E-state index contributed by atoms with van der Waals surface area (Å²) in [4.78, 5) is 12.3. The van der Waals surface area contributed by atoms with E-state index in [1.807, 2.05) is 21.6 Å². The van der Waals surface area contributed by atoms with Gasteiger partial charge in [0.05, 0.1) is 4.90 Å². The number of hydrogen-bond donors (Lipinski definition) is 2. The molecule has 2 aliphatic rings. The van der Waals surface area contributed by atoms with Crippen LogP contribution in [0.5, 0.6) is 11.5 Å². The van der Waals surface area contributed by atoms with Crippen LogP contribution in [0.4, 0.5) is 11.4 Å². The molecule has 2 heterocycles. The lowest BCUT2D eigenvalue weighted by Crippen LogP contribution is -2.17. The maximum atomic E-state index is 12.7. The molecule has 2 N–H and O–H groups in total. The zero-order valence-electron chi connectivity index (χ0n) is 17.5. The predicted octanol–water partition coefficient (Wildman–Crippen LogP) is 4.91. The van der Waals surface area contributed by atoms with Gasteiger partial charge in [-0.3, -0.25) is 9.52 Å². The molecule has 1 amide bonds. The van der Waals surface area contributed by atoms with Crippen molar-refractivity contribution in [3.8, 4) is 11.5 Å². The summed E-state index contributed by atoms with van der Waals surface area (Å²) in [5.74, 6) is 2.16. The molecule has 4 rings (SSSR count). The molecule has 0 aliphatic carbocycles. The lowest BCUT2D eigenvalue weighted by atomic mass is 10.1. The van der Waals surface area contributed by atoms with Crippen LogP contribution in [0.25, 0.3) is 0 Å². The van der Waals surface area contributed by atoms with Gasteiger partial charge in [-0.1, -0.05) is 28.0 Å². The number of carbonyl (C=O) groups excluding carboxylic acids is 1. The second-order valence-corrected chi connectivity index (χ2v) is 12.1. The van der Waals surface area contributed by atoms with Crippen molar-refractivity contribution in [1.29, 1.82) is 0 Å². The Balaban J connectivity index is 1.27. The minimum Gasteiger partial charge on any atom is -0.486 e. The van der Waals surface area contributed by atoms with Gasteiger partial charge in [-0.25, -0.2) is 8.42 Å². The van der Waals surface area contributed by atoms with Crippen molar-refractivity contribution in [3.05, 3.63) is 42.5 Å². The molecule has 7 nitrogen and oxygen atoms in total. The van der Waals surface area contributed by atoms with Crippen molar-refractivity contribution in [2.75, 3.05) is 29.0 Å². The van der Waals surface area contributed by atoms with E-state index in [0.29, 0.717) is 42.5 Å². The largest absolute Gasteiger partial charge is 0.486 e. The Bertz CT molecular complexity index is 1040. The second kappa shape index (κ2) is 10.7. The smallest absolute Gasteiger partial charge is 0.262 e. The fraction of sp³-hybridized carbons (Fsp3) is 0.409. The molecule has 172 valence electrons. The molecule has 0 unspecified atom stereocenters. The zero-order chi connectivity index (χ0) is 22.4. The van der Waals surface area contributed by atoms with Crippen LogP contribution >= 0.6 is 21.6 Å². The summed E-state index contributed by atoms with van der Waals surface area (Å²) in [5.41, 5.74) is 1.05. The summed E-state index contributed by atoms with van der Waals surface area (Å²) in [6.07, 6.45) is 4.87. The Morgan fingerprint density at radius 1 is 1.00 bits per heavy atom. The van der Waals surface area contributed by atoms with Crippen LogP contribution in [0.1, 0.15) is 32.1 Å². The zero-order valence-corrected chi connectivity index (χ0v) is 20.0. The molecule has 0 bridgehead atoms. The molecule has 0 aromatic heterocycles. The van der Waals surface area contributed by atoms with Gasteiger partial charge in [0, 0.05) is 34.9 Å². The van der Waals surface area contributed by atoms with Crippen LogP contribution in [0.15, 0.2) is 47.4 Å². The normalized spacial score (nSPS) is 17.7. The van der Waals surface area contributed by atoms with E-state index in [-0.39, 0.29) is 10.8 Å². The van der Waals surface area contributed by atoms with Crippen molar-refractivity contribution < 1.29 is 22.7 Å². The average molecular weight is 495 g/mol. The van der Waals surface area contributed by atoms with E-state index in [1.54, 1.807) is 30.3 Å². The SMILES string of the molecule is O=C(CCCC[C@@H]1CCSS1)Nc1ccc(NS(=O)(=O)c2ccc3c(c2)OCCO3)cc1. The summed E-state index contributed by atoms with van der Waals surface area (Å²) < 4.78 is 38.9. The van der Waals surface area contributed by atoms with E-state index >= 15 is 0 Å². The highest BCUT2D eigenvalue weighted by Crippen LogP contribution is 2.40. The van der Waals surface area contributed by atoms with Gasteiger partial charge in [0.2, 0.25) is 5.91 Å². The van der Waals surface area contributed by atoms with Gasteiger partial charge in [-0.2, -0.15) is 0 Å². The topological polar surface area (TPSA) is 93.7 Å². The first-order valence-electron chi connectivity index (χ1n) is 10.6. The minimum atomic E-state index is -3.78. The third kappa shape index (κ3) is 6.26. The Labute approximate surface area is 196 Å². The number of ether oxygens (including phenoxy) is 2. The number of sulfonamides is 1. The van der Waals surface area contributed by atoms with Crippen molar-refractivity contribution >= 4 is 48.9 Å². The summed E-state index contributed by atoms with van der Waals surface area (Å²) >= 11 is 0. The van der Waals surface area contributed by atoms with Crippen LogP contribution in [-0.4, -0.2) is 38.5 Å². The third-order valence-corrected chi connectivity index (χ3v) is 9.54. The van der Waals surface area contributed by atoms with Gasteiger partial charge in [0.15, 0.2) is 11.5 Å². The molecular formula is C22H26N2O5S3. The Morgan fingerprint density at radius 2 is 1.75 bits per heavy atom. The van der Waals surface area contributed by atoms with E-state index in [9.17, 15) is 13.2 Å². The molecule has 1 atom stereocenters. The molecule has 10 heteroatoms. The molecular weight excluding hydrogens is 468 g/mol. The Kier molecular flexibility index (Phi) is 7.75. The molecule has 0 saturated carbocycles. The molecule has 32 heavy (non-hydrogen) atoms. The maximum Gasteiger partial charge on any atom is 0.262 e. The number of hydrogen-bond acceptors (Lipinski definition) is 7. The van der Waals surface area contributed by atoms with Gasteiger partial charge < -0.3 is 14.8 Å². The van der Waals surface area contributed by atoms with E-state index < -0.39 is 10.0 Å². The molecule has 1 fully saturated rings. The van der Waals surface area contributed by atoms with Crippen LogP contribution in [0, 0.1) is 0 Å². The second-order valence-electron chi connectivity index (χ2n) is 7.61. The number of fused-ring (bicyclic) bond motifs is 1. The standard InChI is InChI=1S/C22H26N2O5S3/c25-22(4-2-1-3-18-11-14-30-31-18)23-16-5-7-17(8-6-16)24-32(26,27)19-9-10-20-21(15-19)29-13-12-28-20/h5-10,15,18,24H,1-4,11-14H2,(H,23,25)/t18-/m1/s1. The highest BCUT2D eigenvalue weighted by Gasteiger charge is 2.20. The van der Waals surface area contributed by atoms with Gasteiger partial charge >= 0.3 is 0 Å². The van der Waals surface area contributed by atoms with E-state index in [0.717, 1.165) is 18.1 Å². The number of nitrogens with one attached hydrogen (secondary N) is 2. The van der Waals surface area contributed by atoms with Crippen molar-refractivity contribution in [2.45, 2.75) is 42.2 Å². The Hall–Kier alpha value is -2.04. The third-order valence-electron chi connectivity index (χ3n) is 5.15. The Morgan fingerprint density at radius 3 is 2.50 bits per heavy atom. The van der Waals surface area contributed by atoms with Gasteiger partial charge in [-0.15, -0.1) is 0 Å². The number of unbranched alkanes of at least 4 members (excludes halogenated alkanes) is 1. The highest BCUT2D eigenvalue weighted by atomic mass is 33.1. The van der Waals surface area contributed by atoms with Crippen molar-refractivity contribution in [2.24, 2.45) is 0 Å². The molecule has 2 aromatic rings. The minimum absolute atomic E-state index is 0.0249. The summed E-state index contributed by atoms with van der Waals surface area (Å²) in [6, 6.07) is 11.1. The molecule has 1 saturated heterocycles. The first-order valence-corrected chi connectivity index (χ1v) is 14.5. The average Bonchev–Trinajstić information content (AvgIpc) is 3.31. The first-order chi connectivity index (χ1) is 15.5. The lowest BCUT2D eigenvalue weighted by molar-refractivity contribution is -0.116. The molecule has 2 aromatic carbocycles. The van der Waals surface area contributed by atoms with Crippen molar-refractivity contribution in [3.63, 3.8) is 0 Å². The number of benzene rings is 2. The summed E-state index contributed by atoms with van der Waals surface area (Å²) in [6.45, 7) is 0.828. The van der Waals surface area contributed by atoms with Gasteiger partial charge in [-0.05, 0) is 55.7 Å². The van der Waals surface area contributed by atoms with Crippen LogP contribution < -0.4 is 19.5 Å².